The van der Waals surface area contributed by atoms with Gasteiger partial charge >= 0.3 is 0 Å². The van der Waals surface area contributed by atoms with E-state index in [4.69, 9.17) is 25.8 Å². The van der Waals surface area contributed by atoms with Crippen LogP contribution in [-0.2, 0) is 11.3 Å². The van der Waals surface area contributed by atoms with Crippen molar-refractivity contribution in [2.45, 2.75) is 32.4 Å². The Hall–Kier alpha value is -0.970. The first kappa shape index (κ1) is 15.4. The van der Waals surface area contributed by atoms with Crippen molar-refractivity contribution >= 4 is 11.6 Å². The molecule has 20 heavy (non-hydrogen) atoms. The molecule has 1 N–H and O–H groups in total. The maximum Gasteiger partial charge on any atom is 0.165 e. The van der Waals surface area contributed by atoms with Crippen molar-refractivity contribution in [1.29, 1.82) is 0 Å². The van der Waals surface area contributed by atoms with Crippen LogP contribution in [0.1, 0.15) is 25.3 Å². The molecule has 1 aromatic carbocycles. The Labute approximate surface area is 125 Å². The molecule has 4 nitrogen and oxygen atoms in total. The van der Waals surface area contributed by atoms with Crippen LogP contribution in [0.5, 0.6) is 11.5 Å². The zero-order valence-electron chi connectivity index (χ0n) is 12.1. The Morgan fingerprint density at radius 2 is 2.30 bits per heavy atom. The molecule has 1 unspecified atom stereocenters. The van der Waals surface area contributed by atoms with Crippen LogP contribution in [0, 0.1) is 0 Å². The number of ether oxygens (including phenoxy) is 3. The van der Waals surface area contributed by atoms with Gasteiger partial charge in [-0.3, -0.25) is 0 Å². The van der Waals surface area contributed by atoms with Crippen LogP contribution in [0.3, 0.4) is 0 Å². The molecule has 1 saturated heterocycles. The second-order valence-electron chi connectivity index (χ2n) is 4.80. The van der Waals surface area contributed by atoms with Gasteiger partial charge in [0.25, 0.3) is 0 Å². The minimum Gasteiger partial charge on any atom is -0.493 e. The molecule has 1 fully saturated rings. The van der Waals surface area contributed by atoms with Crippen molar-refractivity contribution in [3.63, 3.8) is 0 Å². The standard InChI is InChI=1S/C15H22ClNO3/c1-3-19-15-11(7-12(16)8-14(15)18-2)9-17-10-13-5-4-6-20-13/h7-8,13,17H,3-6,9-10H2,1-2H3. The van der Waals surface area contributed by atoms with Crippen LogP contribution in [0.15, 0.2) is 12.1 Å². The molecule has 0 aliphatic carbocycles. The van der Waals surface area contributed by atoms with Gasteiger partial charge < -0.3 is 19.5 Å². The van der Waals surface area contributed by atoms with Crippen LogP contribution in [-0.4, -0.2) is 33.0 Å². The number of hydrogen-bond donors (Lipinski definition) is 1. The average Bonchev–Trinajstić information content (AvgIpc) is 2.94. The van der Waals surface area contributed by atoms with E-state index in [2.05, 4.69) is 5.32 Å². The highest BCUT2D eigenvalue weighted by molar-refractivity contribution is 6.30. The van der Waals surface area contributed by atoms with E-state index in [1.54, 1.807) is 13.2 Å². The predicted molar refractivity (Wildman–Crippen MR) is 79.9 cm³/mol. The third kappa shape index (κ3) is 4.01. The molecule has 0 bridgehead atoms. The van der Waals surface area contributed by atoms with E-state index in [9.17, 15) is 0 Å². The molecule has 0 spiro atoms. The summed E-state index contributed by atoms with van der Waals surface area (Å²) in [4.78, 5) is 0. The van der Waals surface area contributed by atoms with Crippen molar-refractivity contribution in [2.24, 2.45) is 0 Å². The molecule has 1 atom stereocenters. The third-order valence-electron chi connectivity index (χ3n) is 3.32. The Balaban J connectivity index is 2.02. The van der Waals surface area contributed by atoms with Crippen molar-refractivity contribution in [2.75, 3.05) is 26.9 Å². The number of nitrogens with one attached hydrogen (secondary N) is 1. The van der Waals surface area contributed by atoms with Gasteiger partial charge in [-0.15, -0.1) is 0 Å². The van der Waals surface area contributed by atoms with Crippen molar-refractivity contribution in [3.05, 3.63) is 22.7 Å². The fourth-order valence-corrected chi connectivity index (χ4v) is 2.62. The second kappa shape index (κ2) is 7.72. The highest BCUT2D eigenvalue weighted by atomic mass is 35.5. The quantitative estimate of drug-likeness (QED) is 0.840. The van der Waals surface area contributed by atoms with Gasteiger partial charge in [0.1, 0.15) is 0 Å². The van der Waals surface area contributed by atoms with Crippen molar-refractivity contribution in [1.82, 2.24) is 5.32 Å². The molecular formula is C15H22ClNO3. The van der Waals surface area contributed by atoms with Gasteiger partial charge in [-0.25, -0.2) is 0 Å². The third-order valence-corrected chi connectivity index (χ3v) is 3.53. The molecule has 2 rings (SSSR count). The summed E-state index contributed by atoms with van der Waals surface area (Å²) in [7, 11) is 1.62. The van der Waals surface area contributed by atoms with Gasteiger partial charge in [0, 0.05) is 36.3 Å². The largest absolute Gasteiger partial charge is 0.493 e. The Kier molecular flexibility index (Phi) is 5.95. The van der Waals surface area contributed by atoms with Crippen LogP contribution < -0.4 is 14.8 Å². The van der Waals surface area contributed by atoms with Crippen LogP contribution in [0.25, 0.3) is 0 Å². The highest BCUT2D eigenvalue weighted by Crippen LogP contribution is 2.34. The van der Waals surface area contributed by atoms with E-state index in [1.165, 1.54) is 0 Å². The summed E-state index contributed by atoms with van der Waals surface area (Å²) in [6.07, 6.45) is 2.61. The lowest BCUT2D eigenvalue weighted by Crippen LogP contribution is -2.26. The summed E-state index contributed by atoms with van der Waals surface area (Å²) in [6, 6.07) is 3.69. The minimum absolute atomic E-state index is 0.326. The molecule has 0 radical (unpaired) electrons. The van der Waals surface area contributed by atoms with E-state index in [-0.39, 0.29) is 0 Å². The summed E-state index contributed by atoms with van der Waals surface area (Å²) < 4.78 is 16.6. The van der Waals surface area contributed by atoms with Crippen LogP contribution in [0.2, 0.25) is 5.02 Å². The molecule has 0 saturated carbocycles. The van der Waals surface area contributed by atoms with Gasteiger partial charge in [-0.2, -0.15) is 0 Å². The summed E-state index contributed by atoms with van der Waals surface area (Å²) in [5.41, 5.74) is 1.01. The van der Waals surface area contributed by atoms with Crippen molar-refractivity contribution in [3.8, 4) is 11.5 Å². The molecule has 1 heterocycles. The number of methoxy groups -OCH3 is 1. The summed E-state index contributed by atoms with van der Waals surface area (Å²) in [6.45, 7) is 4.96. The van der Waals surface area contributed by atoms with Gasteiger partial charge in [-0.05, 0) is 25.8 Å². The van der Waals surface area contributed by atoms with E-state index >= 15 is 0 Å². The summed E-state index contributed by atoms with van der Waals surface area (Å²) in [5, 5.41) is 4.05. The normalized spacial score (nSPS) is 18.2. The molecule has 0 amide bonds. The van der Waals surface area contributed by atoms with Crippen LogP contribution in [0.4, 0.5) is 0 Å². The van der Waals surface area contributed by atoms with Crippen LogP contribution >= 0.6 is 11.6 Å². The van der Waals surface area contributed by atoms with Gasteiger partial charge in [0.2, 0.25) is 0 Å². The lowest BCUT2D eigenvalue weighted by Gasteiger charge is -2.16. The Morgan fingerprint density at radius 1 is 1.45 bits per heavy atom. The summed E-state index contributed by atoms with van der Waals surface area (Å²) in [5.74, 6) is 1.44. The smallest absolute Gasteiger partial charge is 0.165 e. The first-order chi connectivity index (χ1) is 9.74. The van der Waals surface area contributed by atoms with E-state index in [0.717, 1.165) is 37.3 Å². The summed E-state index contributed by atoms with van der Waals surface area (Å²) >= 11 is 6.12. The minimum atomic E-state index is 0.326. The van der Waals surface area contributed by atoms with Gasteiger partial charge in [0.15, 0.2) is 11.5 Å². The molecule has 112 valence electrons. The topological polar surface area (TPSA) is 39.7 Å². The fourth-order valence-electron chi connectivity index (χ4n) is 2.39. The average molecular weight is 300 g/mol. The zero-order valence-corrected chi connectivity index (χ0v) is 12.8. The molecule has 1 aliphatic rings. The highest BCUT2D eigenvalue weighted by Gasteiger charge is 2.16. The lowest BCUT2D eigenvalue weighted by atomic mass is 10.1. The lowest BCUT2D eigenvalue weighted by molar-refractivity contribution is 0.110. The molecule has 1 aromatic rings. The number of hydrogen-bond acceptors (Lipinski definition) is 4. The Morgan fingerprint density at radius 3 is 2.95 bits per heavy atom. The number of benzene rings is 1. The second-order valence-corrected chi connectivity index (χ2v) is 5.23. The van der Waals surface area contributed by atoms with E-state index < -0.39 is 0 Å². The zero-order chi connectivity index (χ0) is 14.4. The SMILES string of the molecule is CCOc1c(CNCC2CCCO2)cc(Cl)cc1OC. The monoisotopic (exact) mass is 299 g/mol. The van der Waals surface area contributed by atoms with E-state index in [0.29, 0.717) is 30.0 Å². The number of rotatable bonds is 7. The Bertz CT molecular complexity index is 433. The first-order valence-electron chi connectivity index (χ1n) is 7.06. The first-order valence-corrected chi connectivity index (χ1v) is 7.44. The molecule has 1 aliphatic heterocycles. The van der Waals surface area contributed by atoms with Crippen molar-refractivity contribution < 1.29 is 14.2 Å². The maximum absolute atomic E-state index is 6.12. The van der Waals surface area contributed by atoms with E-state index in [1.807, 2.05) is 13.0 Å². The predicted octanol–water partition coefficient (Wildman–Crippen LogP) is 3.02. The molecule has 0 aromatic heterocycles. The van der Waals surface area contributed by atoms with Gasteiger partial charge in [0.05, 0.1) is 19.8 Å². The maximum atomic E-state index is 6.12. The van der Waals surface area contributed by atoms with Gasteiger partial charge in [-0.1, -0.05) is 11.6 Å². The fraction of sp³-hybridized carbons (Fsp3) is 0.600. The molecule has 5 heteroatoms. The number of halogens is 1. The molecular weight excluding hydrogens is 278 g/mol.